The van der Waals surface area contributed by atoms with Gasteiger partial charge in [0.05, 0.1) is 12.1 Å². The third-order valence-corrected chi connectivity index (χ3v) is 4.61. The fraction of sp³-hybridized carbons (Fsp3) is 0.938. The maximum atomic E-state index is 12.1. The number of hydrogen-bond acceptors (Lipinski definition) is 5. The van der Waals surface area contributed by atoms with Crippen molar-refractivity contribution in [3.8, 4) is 0 Å². The van der Waals surface area contributed by atoms with Crippen molar-refractivity contribution in [1.29, 1.82) is 0 Å². The van der Waals surface area contributed by atoms with E-state index in [0.29, 0.717) is 13.1 Å². The monoisotopic (exact) mass is 314 g/mol. The Kier molecular flexibility index (Phi) is 8.31. The Bertz CT molecular complexity index is 332. The maximum absolute atomic E-state index is 12.1. The van der Waals surface area contributed by atoms with Crippen molar-refractivity contribution in [2.75, 3.05) is 53.4 Å². The summed E-state index contributed by atoms with van der Waals surface area (Å²) in [5.41, 5.74) is 0. The summed E-state index contributed by atoms with van der Waals surface area (Å²) in [6, 6.07) is -0.0326. The van der Waals surface area contributed by atoms with Gasteiger partial charge in [0.2, 0.25) is 5.91 Å². The molecule has 6 heteroatoms. The summed E-state index contributed by atoms with van der Waals surface area (Å²) in [5, 5.41) is 13.3. The minimum Gasteiger partial charge on any atom is -0.390 e. The van der Waals surface area contributed by atoms with Gasteiger partial charge < -0.3 is 15.3 Å². The summed E-state index contributed by atoms with van der Waals surface area (Å²) in [6.07, 6.45) is 0.501. The Morgan fingerprint density at radius 3 is 2.41 bits per heavy atom. The molecule has 22 heavy (non-hydrogen) atoms. The van der Waals surface area contributed by atoms with Gasteiger partial charge in [0.25, 0.3) is 0 Å². The van der Waals surface area contributed by atoms with Crippen LogP contribution in [0.25, 0.3) is 0 Å². The molecule has 3 unspecified atom stereocenters. The number of rotatable bonds is 8. The predicted octanol–water partition coefficient (Wildman–Crippen LogP) is -0.170. The molecule has 1 aliphatic heterocycles. The topological polar surface area (TPSA) is 59.1 Å². The van der Waals surface area contributed by atoms with E-state index in [1.54, 1.807) is 0 Å². The first kappa shape index (κ1) is 19.4. The van der Waals surface area contributed by atoms with Crippen LogP contribution in [0.5, 0.6) is 0 Å². The van der Waals surface area contributed by atoms with E-state index >= 15 is 0 Å². The SMILES string of the molecule is CCC(C)NC(=O)C(C)N(C)CC(O)CN1CCN(C)CC1. The lowest BCUT2D eigenvalue weighted by Crippen LogP contribution is -2.51. The van der Waals surface area contributed by atoms with Gasteiger partial charge in [-0.3, -0.25) is 14.6 Å². The quantitative estimate of drug-likeness (QED) is 0.651. The summed E-state index contributed by atoms with van der Waals surface area (Å²) in [4.78, 5) is 18.6. The Labute approximate surface area is 135 Å². The van der Waals surface area contributed by atoms with Crippen LogP contribution in [-0.2, 0) is 4.79 Å². The molecule has 3 atom stereocenters. The maximum Gasteiger partial charge on any atom is 0.237 e. The Morgan fingerprint density at radius 2 is 1.86 bits per heavy atom. The smallest absolute Gasteiger partial charge is 0.237 e. The zero-order valence-corrected chi connectivity index (χ0v) is 14.9. The van der Waals surface area contributed by atoms with Gasteiger partial charge in [-0.15, -0.1) is 0 Å². The first-order chi connectivity index (χ1) is 10.3. The highest BCUT2D eigenvalue weighted by Gasteiger charge is 2.23. The van der Waals surface area contributed by atoms with Gasteiger partial charge in [-0.1, -0.05) is 6.92 Å². The highest BCUT2D eigenvalue weighted by molar-refractivity contribution is 5.81. The van der Waals surface area contributed by atoms with Crippen molar-refractivity contribution in [1.82, 2.24) is 20.0 Å². The van der Waals surface area contributed by atoms with Crippen molar-refractivity contribution in [3.63, 3.8) is 0 Å². The standard InChI is InChI=1S/C16H34N4O2/c1-6-13(2)17-16(22)14(3)19(5)11-15(21)12-20-9-7-18(4)8-10-20/h13-15,21H,6-12H2,1-5H3,(H,17,22). The van der Waals surface area contributed by atoms with Crippen LogP contribution in [0.4, 0.5) is 0 Å². The average molecular weight is 314 g/mol. The van der Waals surface area contributed by atoms with E-state index in [-0.39, 0.29) is 18.0 Å². The van der Waals surface area contributed by atoms with Gasteiger partial charge in [-0.2, -0.15) is 0 Å². The van der Waals surface area contributed by atoms with Crippen molar-refractivity contribution in [2.24, 2.45) is 0 Å². The predicted molar refractivity (Wildman–Crippen MR) is 89.9 cm³/mol. The lowest BCUT2D eigenvalue weighted by molar-refractivity contribution is -0.126. The first-order valence-electron chi connectivity index (χ1n) is 8.43. The van der Waals surface area contributed by atoms with Crippen molar-refractivity contribution < 1.29 is 9.90 Å². The zero-order chi connectivity index (χ0) is 16.7. The molecule has 1 aliphatic rings. The lowest BCUT2D eigenvalue weighted by Gasteiger charge is -2.34. The number of likely N-dealkylation sites (N-methyl/N-ethyl adjacent to an activating group) is 2. The molecule has 1 fully saturated rings. The van der Waals surface area contributed by atoms with Crippen LogP contribution in [0.2, 0.25) is 0 Å². The second-order valence-corrected chi connectivity index (χ2v) is 6.69. The van der Waals surface area contributed by atoms with Gasteiger partial charge in [0, 0.05) is 45.3 Å². The number of nitrogens with one attached hydrogen (secondary N) is 1. The molecule has 1 heterocycles. The minimum atomic E-state index is -0.424. The number of piperazine rings is 1. The van der Waals surface area contributed by atoms with Crippen LogP contribution in [0.1, 0.15) is 27.2 Å². The fourth-order valence-corrected chi connectivity index (χ4v) is 2.54. The molecule has 1 amide bonds. The van der Waals surface area contributed by atoms with Gasteiger partial charge >= 0.3 is 0 Å². The number of carbonyl (C=O) groups excluding carboxylic acids is 1. The highest BCUT2D eigenvalue weighted by Crippen LogP contribution is 2.04. The van der Waals surface area contributed by atoms with E-state index in [1.165, 1.54) is 0 Å². The van der Waals surface area contributed by atoms with Crippen LogP contribution < -0.4 is 5.32 Å². The number of β-amino-alcohol motifs (C(OH)–C–C–N with tert-alkyl or cyclic N) is 1. The van der Waals surface area contributed by atoms with Crippen LogP contribution in [-0.4, -0.2) is 97.3 Å². The highest BCUT2D eigenvalue weighted by atomic mass is 16.3. The molecule has 0 bridgehead atoms. The molecule has 2 N–H and O–H groups in total. The molecule has 6 nitrogen and oxygen atoms in total. The fourth-order valence-electron chi connectivity index (χ4n) is 2.54. The van der Waals surface area contributed by atoms with E-state index in [9.17, 15) is 9.90 Å². The summed E-state index contributed by atoms with van der Waals surface area (Å²) in [6.45, 7) is 11.3. The lowest BCUT2D eigenvalue weighted by atomic mass is 10.2. The third-order valence-electron chi connectivity index (χ3n) is 4.61. The second kappa shape index (κ2) is 9.45. The Morgan fingerprint density at radius 1 is 1.27 bits per heavy atom. The largest absolute Gasteiger partial charge is 0.390 e. The van der Waals surface area contributed by atoms with Gasteiger partial charge in [-0.05, 0) is 34.4 Å². The molecule has 1 rings (SSSR count). The summed E-state index contributed by atoms with van der Waals surface area (Å²) in [5.74, 6) is 0.0312. The number of hydrogen-bond donors (Lipinski definition) is 2. The number of aliphatic hydroxyl groups is 1. The average Bonchev–Trinajstić information content (AvgIpc) is 2.48. The first-order valence-corrected chi connectivity index (χ1v) is 8.43. The molecule has 0 aliphatic carbocycles. The van der Waals surface area contributed by atoms with E-state index in [0.717, 1.165) is 32.6 Å². The summed E-state index contributed by atoms with van der Waals surface area (Å²) in [7, 11) is 4.02. The number of amides is 1. The van der Waals surface area contributed by atoms with Crippen LogP contribution >= 0.6 is 0 Å². The van der Waals surface area contributed by atoms with Gasteiger partial charge in [-0.25, -0.2) is 0 Å². The molecule has 0 radical (unpaired) electrons. The van der Waals surface area contributed by atoms with E-state index in [4.69, 9.17) is 0 Å². The van der Waals surface area contributed by atoms with Gasteiger partial charge in [0.15, 0.2) is 0 Å². The van der Waals surface area contributed by atoms with Crippen LogP contribution in [0.15, 0.2) is 0 Å². The van der Waals surface area contributed by atoms with E-state index in [2.05, 4.69) is 29.1 Å². The minimum absolute atomic E-state index is 0.0312. The van der Waals surface area contributed by atoms with Crippen LogP contribution in [0.3, 0.4) is 0 Å². The van der Waals surface area contributed by atoms with Gasteiger partial charge in [0.1, 0.15) is 0 Å². The molecular weight excluding hydrogens is 280 g/mol. The number of carbonyl (C=O) groups is 1. The molecule has 0 aromatic carbocycles. The number of nitrogens with zero attached hydrogens (tertiary/aromatic N) is 3. The second-order valence-electron chi connectivity index (χ2n) is 6.69. The van der Waals surface area contributed by atoms with Crippen molar-refractivity contribution >= 4 is 5.91 Å². The summed E-state index contributed by atoms with van der Waals surface area (Å²) < 4.78 is 0. The Balaban J connectivity index is 2.33. The van der Waals surface area contributed by atoms with Crippen molar-refractivity contribution in [2.45, 2.75) is 45.4 Å². The molecule has 130 valence electrons. The van der Waals surface area contributed by atoms with Crippen LogP contribution in [0, 0.1) is 0 Å². The van der Waals surface area contributed by atoms with E-state index < -0.39 is 6.10 Å². The molecule has 0 saturated carbocycles. The molecule has 0 aromatic heterocycles. The van der Waals surface area contributed by atoms with E-state index in [1.807, 2.05) is 25.8 Å². The normalized spacial score (nSPS) is 21.6. The molecule has 1 saturated heterocycles. The third kappa shape index (κ3) is 6.60. The molecule has 0 aromatic rings. The summed E-state index contributed by atoms with van der Waals surface area (Å²) >= 11 is 0. The molecule has 0 spiro atoms. The Hall–Kier alpha value is -0.690. The zero-order valence-electron chi connectivity index (χ0n) is 14.9. The number of aliphatic hydroxyl groups excluding tert-OH is 1. The molecular formula is C16H34N4O2. The van der Waals surface area contributed by atoms with Crippen molar-refractivity contribution in [3.05, 3.63) is 0 Å².